The Hall–Kier alpha value is -1.88. The van der Waals surface area contributed by atoms with Gasteiger partial charge in [0.2, 0.25) is 5.82 Å². The lowest BCUT2D eigenvalue weighted by molar-refractivity contribution is -0.0249. The maximum atomic E-state index is 13.6. The van der Waals surface area contributed by atoms with Gasteiger partial charge < -0.3 is 30.8 Å². The molecule has 0 aliphatic carbocycles. The highest BCUT2D eigenvalue weighted by atomic mass is 19.2. The van der Waals surface area contributed by atoms with Gasteiger partial charge in [-0.25, -0.2) is 4.98 Å². The van der Waals surface area contributed by atoms with Crippen LogP contribution in [-0.4, -0.2) is 55.2 Å². The molecule has 0 saturated carbocycles. The van der Waals surface area contributed by atoms with Crippen molar-refractivity contribution in [3.05, 3.63) is 17.6 Å². The number of nitrogens with one attached hydrogen (secondary N) is 1. The van der Waals surface area contributed by atoms with Crippen LogP contribution >= 0.6 is 0 Å². The summed E-state index contributed by atoms with van der Waals surface area (Å²) in [6.07, 6.45) is -4.85. The maximum Gasteiger partial charge on any atom is 0.253 e. The Morgan fingerprint density at radius 3 is 2.57 bits per heavy atom. The van der Waals surface area contributed by atoms with Gasteiger partial charge in [0.05, 0.1) is 6.61 Å². The first kappa shape index (κ1) is 14.1. The second kappa shape index (κ2) is 4.84. The molecule has 0 spiro atoms. The van der Waals surface area contributed by atoms with Crippen molar-refractivity contribution >= 4 is 16.9 Å². The summed E-state index contributed by atoms with van der Waals surface area (Å²) in [5, 5.41) is 28.6. The first-order valence-corrected chi connectivity index (χ1v) is 6.06. The largest absolute Gasteiger partial charge is 0.394 e. The summed E-state index contributed by atoms with van der Waals surface area (Å²) in [4.78, 5) is 9.55. The van der Waals surface area contributed by atoms with E-state index in [0.717, 1.165) is 0 Å². The summed E-state index contributed by atoms with van der Waals surface area (Å²) >= 11 is 0. The molecule has 1 saturated heterocycles. The molecule has 0 unspecified atom stereocenters. The van der Waals surface area contributed by atoms with Crippen LogP contribution in [0.25, 0.3) is 11.0 Å². The molecule has 0 amide bonds. The molecule has 6 N–H and O–H groups in total. The molecule has 4 atom stereocenters. The molecule has 114 valence electrons. The molecule has 2 aromatic rings. The molecular weight excluding hydrogens is 290 g/mol. The second-order valence-electron chi connectivity index (χ2n) is 4.71. The van der Waals surface area contributed by atoms with Crippen molar-refractivity contribution in [1.29, 1.82) is 0 Å². The monoisotopic (exact) mass is 302 g/mol. The molecule has 0 bridgehead atoms. The summed E-state index contributed by atoms with van der Waals surface area (Å²) in [6.45, 7) is -0.512. The van der Waals surface area contributed by atoms with Crippen molar-refractivity contribution in [3.8, 4) is 0 Å². The summed E-state index contributed by atoms with van der Waals surface area (Å²) in [5.74, 6) is -3.01. The number of nitrogens with zero attached hydrogens (tertiary/aromatic N) is 2. The van der Waals surface area contributed by atoms with E-state index in [2.05, 4.69) is 15.0 Å². The molecule has 0 radical (unpaired) electrons. The standard InChI is InChI=1S/C11H12F2N4O4/c12-3-4-5(10(14)17-9(3)13)16-11(15-4)8-7(20)6(19)2(1-18)21-8/h2,6-8,18-20H,1H2,(H2,14,17)(H,15,16)/t2-,6-,7-,8-/m1/s1. The van der Waals surface area contributed by atoms with Gasteiger partial charge in [0.15, 0.2) is 5.82 Å². The number of rotatable bonds is 2. The van der Waals surface area contributed by atoms with E-state index >= 15 is 0 Å². The van der Waals surface area contributed by atoms with Crippen LogP contribution in [0.3, 0.4) is 0 Å². The first-order valence-electron chi connectivity index (χ1n) is 6.06. The number of aromatic amines is 1. The van der Waals surface area contributed by atoms with E-state index in [4.69, 9.17) is 15.6 Å². The second-order valence-corrected chi connectivity index (χ2v) is 4.71. The van der Waals surface area contributed by atoms with Crippen LogP contribution < -0.4 is 5.73 Å². The highest BCUT2D eigenvalue weighted by Crippen LogP contribution is 2.34. The predicted octanol–water partition coefficient (Wildman–Crippen LogP) is -1.03. The number of pyridine rings is 1. The molecule has 8 nitrogen and oxygen atoms in total. The molecule has 3 rings (SSSR count). The quantitative estimate of drug-likeness (QED) is 0.447. The van der Waals surface area contributed by atoms with Crippen molar-refractivity contribution in [2.24, 2.45) is 0 Å². The van der Waals surface area contributed by atoms with Crippen LogP contribution in [0, 0.1) is 11.8 Å². The molecule has 3 heterocycles. The van der Waals surface area contributed by atoms with Crippen LogP contribution in [-0.2, 0) is 4.74 Å². The Kier molecular flexibility index (Phi) is 3.24. The van der Waals surface area contributed by atoms with E-state index in [9.17, 15) is 19.0 Å². The van der Waals surface area contributed by atoms with Gasteiger partial charge in [-0.1, -0.05) is 0 Å². The van der Waals surface area contributed by atoms with Gasteiger partial charge in [-0.3, -0.25) is 0 Å². The number of anilines is 1. The van der Waals surface area contributed by atoms with Crippen LogP contribution in [0.4, 0.5) is 14.6 Å². The number of halogens is 2. The number of imidazole rings is 1. The maximum absolute atomic E-state index is 13.6. The third kappa shape index (κ3) is 2.03. The average molecular weight is 302 g/mol. The SMILES string of the molecule is Nc1nc(F)c(F)c2[nH]c([C@@H]3O[C@H](CO)[C@@H](O)[C@H]3O)nc12. The minimum absolute atomic E-state index is 0.0505. The number of nitrogens with two attached hydrogens (primary N) is 1. The van der Waals surface area contributed by atoms with E-state index < -0.39 is 42.8 Å². The summed E-state index contributed by atoms with van der Waals surface area (Å²) in [6, 6.07) is 0. The first-order chi connectivity index (χ1) is 9.93. The normalized spacial score (nSPS) is 29.4. The molecule has 2 aromatic heterocycles. The summed E-state index contributed by atoms with van der Waals surface area (Å²) < 4.78 is 32.1. The van der Waals surface area contributed by atoms with Gasteiger partial charge in [-0.2, -0.15) is 13.8 Å². The van der Waals surface area contributed by atoms with Gasteiger partial charge in [-0.05, 0) is 0 Å². The number of H-pyrrole nitrogens is 1. The molecular formula is C11H12F2N4O4. The summed E-state index contributed by atoms with van der Waals surface area (Å²) in [5.41, 5.74) is 5.04. The van der Waals surface area contributed by atoms with Gasteiger partial charge >= 0.3 is 0 Å². The number of ether oxygens (including phenoxy) is 1. The zero-order valence-electron chi connectivity index (χ0n) is 10.5. The average Bonchev–Trinajstić information content (AvgIpc) is 3.00. The highest BCUT2D eigenvalue weighted by Gasteiger charge is 2.44. The van der Waals surface area contributed by atoms with Crippen LogP contribution in [0.2, 0.25) is 0 Å². The van der Waals surface area contributed by atoms with Crippen LogP contribution in [0.1, 0.15) is 11.9 Å². The van der Waals surface area contributed by atoms with E-state index in [1.165, 1.54) is 0 Å². The summed E-state index contributed by atoms with van der Waals surface area (Å²) in [7, 11) is 0. The Morgan fingerprint density at radius 2 is 1.95 bits per heavy atom. The minimum atomic E-state index is -1.38. The number of hydrogen-bond donors (Lipinski definition) is 5. The third-order valence-corrected chi connectivity index (χ3v) is 3.40. The smallest absolute Gasteiger partial charge is 0.253 e. The van der Waals surface area contributed by atoms with E-state index in [1.54, 1.807) is 0 Å². The molecule has 1 aliphatic rings. The molecule has 1 aliphatic heterocycles. The van der Waals surface area contributed by atoms with Crippen LogP contribution in [0.15, 0.2) is 0 Å². The van der Waals surface area contributed by atoms with Crippen molar-refractivity contribution in [3.63, 3.8) is 0 Å². The van der Waals surface area contributed by atoms with Gasteiger partial charge in [0.1, 0.15) is 41.3 Å². The number of hydrogen-bond acceptors (Lipinski definition) is 7. The lowest BCUT2D eigenvalue weighted by atomic mass is 10.1. The molecule has 1 fully saturated rings. The third-order valence-electron chi connectivity index (χ3n) is 3.40. The van der Waals surface area contributed by atoms with E-state index in [0.29, 0.717) is 0 Å². The van der Waals surface area contributed by atoms with E-state index in [-0.39, 0.29) is 22.7 Å². The zero-order valence-corrected chi connectivity index (χ0v) is 10.5. The Labute approximate surface area is 116 Å². The van der Waals surface area contributed by atoms with Gasteiger partial charge in [0, 0.05) is 0 Å². The minimum Gasteiger partial charge on any atom is -0.394 e. The van der Waals surface area contributed by atoms with Crippen molar-refractivity contribution in [2.45, 2.75) is 24.4 Å². The lowest BCUT2D eigenvalue weighted by Gasteiger charge is -2.11. The van der Waals surface area contributed by atoms with Crippen molar-refractivity contribution in [2.75, 3.05) is 12.3 Å². The molecule has 21 heavy (non-hydrogen) atoms. The lowest BCUT2D eigenvalue weighted by Crippen LogP contribution is -2.32. The van der Waals surface area contributed by atoms with Crippen molar-refractivity contribution in [1.82, 2.24) is 15.0 Å². The van der Waals surface area contributed by atoms with E-state index in [1.807, 2.05) is 0 Å². The Morgan fingerprint density at radius 1 is 1.24 bits per heavy atom. The fourth-order valence-electron chi connectivity index (χ4n) is 2.31. The number of nitrogen functional groups attached to an aromatic ring is 1. The number of aromatic nitrogens is 3. The van der Waals surface area contributed by atoms with Gasteiger partial charge in [0.25, 0.3) is 5.95 Å². The van der Waals surface area contributed by atoms with Gasteiger partial charge in [-0.15, -0.1) is 0 Å². The molecule has 0 aromatic carbocycles. The Bertz CT molecular complexity index is 694. The fraction of sp³-hybridized carbons (Fsp3) is 0.455. The number of aliphatic hydroxyl groups excluding tert-OH is 3. The predicted molar refractivity (Wildman–Crippen MR) is 64.9 cm³/mol. The molecule has 10 heteroatoms. The fourth-order valence-corrected chi connectivity index (χ4v) is 2.31. The van der Waals surface area contributed by atoms with Crippen molar-refractivity contribution < 1.29 is 28.8 Å². The zero-order chi connectivity index (χ0) is 15.3. The number of aliphatic hydroxyl groups is 3. The topological polar surface area (TPSA) is 138 Å². The van der Waals surface area contributed by atoms with Crippen LogP contribution in [0.5, 0.6) is 0 Å². The number of fused-ring (bicyclic) bond motifs is 1. The highest BCUT2D eigenvalue weighted by molar-refractivity contribution is 5.85. The Balaban J connectivity index is 2.06.